The van der Waals surface area contributed by atoms with Crippen molar-refractivity contribution in [1.29, 1.82) is 0 Å². The molecular formula is C8H9Br2ClFN. The molecular weight excluding hydrogens is 324 g/mol. The van der Waals surface area contributed by atoms with E-state index in [9.17, 15) is 4.39 Å². The van der Waals surface area contributed by atoms with Crippen LogP contribution in [0.4, 0.5) is 4.39 Å². The maximum absolute atomic E-state index is 13.3. The van der Waals surface area contributed by atoms with E-state index in [1.807, 2.05) is 6.07 Å². The van der Waals surface area contributed by atoms with Crippen molar-refractivity contribution in [2.24, 2.45) is 0 Å². The van der Waals surface area contributed by atoms with Crippen LogP contribution in [-0.2, 0) is 6.54 Å². The fraction of sp³-hybridized carbons (Fsp3) is 0.250. The van der Waals surface area contributed by atoms with Gasteiger partial charge in [-0.1, -0.05) is 15.9 Å². The van der Waals surface area contributed by atoms with Crippen molar-refractivity contribution < 1.29 is 4.39 Å². The van der Waals surface area contributed by atoms with Crippen molar-refractivity contribution in [3.05, 3.63) is 32.5 Å². The number of hydrogen-bond acceptors (Lipinski definition) is 1. The maximum atomic E-state index is 13.3. The summed E-state index contributed by atoms with van der Waals surface area (Å²) in [4.78, 5) is 0. The molecule has 0 saturated carbocycles. The smallest absolute Gasteiger partial charge is 0.142 e. The van der Waals surface area contributed by atoms with E-state index < -0.39 is 0 Å². The molecule has 0 bridgehead atoms. The molecule has 0 radical (unpaired) electrons. The van der Waals surface area contributed by atoms with E-state index in [0.717, 1.165) is 4.47 Å². The molecule has 0 unspecified atom stereocenters. The van der Waals surface area contributed by atoms with Crippen molar-refractivity contribution >= 4 is 44.3 Å². The molecule has 0 saturated heterocycles. The fourth-order valence-electron chi connectivity index (χ4n) is 0.908. The van der Waals surface area contributed by atoms with Gasteiger partial charge in [-0.25, -0.2) is 4.39 Å². The topological polar surface area (TPSA) is 12.0 Å². The van der Waals surface area contributed by atoms with Crippen molar-refractivity contribution in [3.8, 4) is 0 Å². The van der Waals surface area contributed by atoms with Crippen LogP contribution in [0.15, 0.2) is 21.1 Å². The maximum Gasteiger partial charge on any atom is 0.142 e. The summed E-state index contributed by atoms with van der Waals surface area (Å²) in [5.74, 6) is -0.210. The third-order valence-electron chi connectivity index (χ3n) is 1.49. The van der Waals surface area contributed by atoms with Gasteiger partial charge in [0.25, 0.3) is 0 Å². The van der Waals surface area contributed by atoms with Gasteiger partial charge in [-0.15, -0.1) is 12.4 Å². The Balaban J connectivity index is 0.00000144. The highest BCUT2D eigenvalue weighted by Gasteiger charge is 2.08. The second-order valence-corrected chi connectivity index (χ2v) is 4.06. The minimum atomic E-state index is -0.210. The Morgan fingerprint density at radius 3 is 2.38 bits per heavy atom. The van der Waals surface area contributed by atoms with Crippen molar-refractivity contribution in [2.45, 2.75) is 6.54 Å². The first-order valence-electron chi connectivity index (χ1n) is 3.43. The first-order valence-corrected chi connectivity index (χ1v) is 5.02. The Morgan fingerprint density at radius 2 is 1.85 bits per heavy atom. The normalized spacial score (nSPS) is 9.54. The van der Waals surface area contributed by atoms with Crippen LogP contribution in [0.5, 0.6) is 0 Å². The Hall–Kier alpha value is 0.360. The van der Waals surface area contributed by atoms with E-state index in [0.29, 0.717) is 16.6 Å². The lowest BCUT2D eigenvalue weighted by Crippen LogP contribution is -2.08. The third kappa shape index (κ3) is 3.20. The van der Waals surface area contributed by atoms with E-state index in [2.05, 4.69) is 37.2 Å². The fourth-order valence-corrected chi connectivity index (χ4v) is 1.73. The number of hydrogen-bond donors (Lipinski definition) is 1. The third-order valence-corrected chi connectivity index (χ3v) is 2.85. The second kappa shape index (κ2) is 5.96. The van der Waals surface area contributed by atoms with Gasteiger partial charge in [0, 0.05) is 16.6 Å². The molecule has 0 fully saturated rings. The molecule has 0 aliphatic rings. The minimum Gasteiger partial charge on any atom is -0.316 e. The second-order valence-electron chi connectivity index (χ2n) is 2.35. The van der Waals surface area contributed by atoms with Gasteiger partial charge in [-0.05, 0) is 35.1 Å². The van der Waals surface area contributed by atoms with Crippen molar-refractivity contribution in [2.75, 3.05) is 7.05 Å². The van der Waals surface area contributed by atoms with Gasteiger partial charge in [-0.2, -0.15) is 0 Å². The molecule has 0 atom stereocenters. The molecule has 0 heterocycles. The molecule has 0 amide bonds. The molecule has 0 aliphatic carbocycles. The molecule has 1 aromatic carbocycles. The SMILES string of the molecule is CNCc1c(Br)ccc(Br)c1F.Cl. The van der Waals surface area contributed by atoms with Crippen LogP contribution in [-0.4, -0.2) is 7.05 Å². The molecule has 0 aliphatic heterocycles. The molecule has 1 N–H and O–H groups in total. The quantitative estimate of drug-likeness (QED) is 0.817. The zero-order valence-corrected chi connectivity index (χ0v) is 10.9. The van der Waals surface area contributed by atoms with Crippen molar-refractivity contribution in [1.82, 2.24) is 5.32 Å². The van der Waals surface area contributed by atoms with Crippen molar-refractivity contribution in [3.63, 3.8) is 0 Å². The van der Waals surface area contributed by atoms with Crippen LogP contribution in [0.3, 0.4) is 0 Å². The van der Waals surface area contributed by atoms with Gasteiger partial charge in [0.15, 0.2) is 0 Å². The van der Waals surface area contributed by atoms with E-state index in [1.165, 1.54) is 0 Å². The van der Waals surface area contributed by atoms with Gasteiger partial charge in [0.2, 0.25) is 0 Å². The molecule has 13 heavy (non-hydrogen) atoms. The zero-order chi connectivity index (χ0) is 9.14. The molecule has 5 heteroatoms. The Bertz CT molecular complexity index is 294. The summed E-state index contributed by atoms with van der Waals surface area (Å²) < 4.78 is 14.6. The number of halogens is 4. The lowest BCUT2D eigenvalue weighted by molar-refractivity contribution is 0.593. The van der Waals surface area contributed by atoms with Gasteiger partial charge in [0.1, 0.15) is 5.82 Å². The lowest BCUT2D eigenvalue weighted by atomic mass is 10.2. The van der Waals surface area contributed by atoms with Crippen LogP contribution in [0, 0.1) is 5.82 Å². The number of benzene rings is 1. The average Bonchev–Trinajstić information content (AvgIpc) is 2.06. The standard InChI is InChI=1S/C8H8Br2FN.ClH/c1-12-4-5-6(9)2-3-7(10)8(5)11;/h2-3,12H,4H2,1H3;1H. The Labute approximate surface area is 99.8 Å². The summed E-state index contributed by atoms with van der Waals surface area (Å²) >= 11 is 6.41. The molecule has 1 rings (SSSR count). The van der Waals surface area contributed by atoms with E-state index in [4.69, 9.17) is 0 Å². The van der Waals surface area contributed by atoms with E-state index in [1.54, 1.807) is 13.1 Å². The van der Waals surface area contributed by atoms with E-state index >= 15 is 0 Å². The van der Waals surface area contributed by atoms with Gasteiger partial charge >= 0.3 is 0 Å². The first-order chi connectivity index (χ1) is 5.66. The highest BCUT2D eigenvalue weighted by molar-refractivity contribution is 9.11. The largest absolute Gasteiger partial charge is 0.316 e. The molecule has 74 valence electrons. The summed E-state index contributed by atoms with van der Waals surface area (Å²) in [6.45, 7) is 0.520. The molecule has 0 spiro atoms. The van der Waals surface area contributed by atoms with Crippen LogP contribution >= 0.6 is 44.3 Å². The number of rotatable bonds is 2. The predicted octanol–water partition coefficient (Wildman–Crippen LogP) is 3.49. The van der Waals surface area contributed by atoms with Gasteiger partial charge in [0.05, 0.1) is 4.47 Å². The van der Waals surface area contributed by atoms with Crippen LogP contribution < -0.4 is 5.32 Å². The monoisotopic (exact) mass is 331 g/mol. The highest BCUT2D eigenvalue weighted by Crippen LogP contribution is 2.25. The summed E-state index contributed by atoms with van der Waals surface area (Å²) in [6.07, 6.45) is 0. The summed E-state index contributed by atoms with van der Waals surface area (Å²) in [7, 11) is 1.78. The predicted molar refractivity (Wildman–Crippen MR) is 61.8 cm³/mol. The van der Waals surface area contributed by atoms with Gasteiger partial charge < -0.3 is 5.32 Å². The lowest BCUT2D eigenvalue weighted by Gasteiger charge is -2.06. The first kappa shape index (κ1) is 13.4. The van der Waals surface area contributed by atoms with Crippen LogP contribution in [0.25, 0.3) is 0 Å². The van der Waals surface area contributed by atoms with Crippen LogP contribution in [0.1, 0.15) is 5.56 Å². The Morgan fingerprint density at radius 1 is 1.31 bits per heavy atom. The number of nitrogens with one attached hydrogen (secondary N) is 1. The highest BCUT2D eigenvalue weighted by atomic mass is 79.9. The van der Waals surface area contributed by atoms with Crippen LogP contribution in [0.2, 0.25) is 0 Å². The summed E-state index contributed by atoms with van der Waals surface area (Å²) in [6, 6.07) is 3.50. The zero-order valence-electron chi connectivity index (χ0n) is 6.90. The molecule has 1 nitrogen and oxygen atoms in total. The average molecular weight is 333 g/mol. The minimum absolute atomic E-state index is 0. The van der Waals surface area contributed by atoms with E-state index in [-0.39, 0.29) is 18.2 Å². The molecule has 0 aromatic heterocycles. The Kier molecular flexibility index (Phi) is 6.12. The summed E-state index contributed by atoms with van der Waals surface area (Å²) in [5.41, 5.74) is 0.645. The van der Waals surface area contributed by atoms with Gasteiger partial charge in [-0.3, -0.25) is 0 Å². The summed E-state index contributed by atoms with van der Waals surface area (Å²) in [5, 5.41) is 2.90. The molecule has 1 aromatic rings.